The fourth-order valence-electron chi connectivity index (χ4n) is 2.51. The first-order valence-electron chi connectivity index (χ1n) is 6.44. The fourth-order valence-corrected chi connectivity index (χ4v) is 2.73. The van der Waals surface area contributed by atoms with E-state index in [9.17, 15) is 0 Å². The Hall–Kier alpha value is -0.770. The summed E-state index contributed by atoms with van der Waals surface area (Å²) in [5.74, 6) is 0.869. The quantitative estimate of drug-likeness (QED) is 0.888. The molecule has 0 amide bonds. The van der Waals surface area contributed by atoms with Crippen LogP contribution in [0.1, 0.15) is 18.4 Å². The number of rotatable bonds is 5. The van der Waals surface area contributed by atoms with E-state index in [0.717, 1.165) is 36.0 Å². The Kier molecular flexibility index (Phi) is 4.87. The van der Waals surface area contributed by atoms with E-state index in [1.165, 1.54) is 12.8 Å². The smallest absolute Gasteiger partial charge is 0.124 e. The number of hydrogen-bond donors (Lipinski definition) is 1. The molecule has 1 atom stereocenters. The van der Waals surface area contributed by atoms with Crippen LogP contribution in [0.15, 0.2) is 18.2 Å². The second-order valence-electron chi connectivity index (χ2n) is 4.91. The van der Waals surface area contributed by atoms with Gasteiger partial charge in [-0.15, -0.1) is 0 Å². The van der Waals surface area contributed by atoms with Crippen molar-refractivity contribution < 1.29 is 4.74 Å². The van der Waals surface area contributed by atoms with Gasteiger partial charge in [-0.25, -0.2) is 0 Å². The van der Waals surface area contributed by atoms with Crippen LogP contribution < -0.4 is 10.1 Å². The Morgan fingerprint density at radius 3 is 3.00 bits per heavy atom. The lowest BCUT2D eigenvalue weighted by atomic mass is 10.1. The molecule has 1 aliphatic heterocycles. The highest BCUT2D eigenvalue weighted by molar-refractivity contribution is 6.31. The zero-order valence-corrected chi connectivity index (χ0v) is 11.8. The van der Waals surface area contributed by atoms with Crippen LogP contribution in [0.4, 0.5) is 0 Å². The predicted octanol–water partition coefficient (Wildman–Crippen LogP) is 2.53. The van der Waals surface area contributed by atoms with Gasteiger partial charge in [0, 0.05) is 29.7 Å². The molecule has 1 heterocycles. The van der Waals surface area contributed by atoms with E-state index < -0.39 is 0 Å². The average molecular weight is 269 g/mol. The van der Waals surface area contributed by atoms with Gasteiger partial charge in [0.1, 0.15) is 5.75 Å². The van der Waals surface area contributed by atoms with Gasteiger partial charge in [-0.1, -0.05) is 17.7 Å². The molecule has 1 N–H and O–H groups in total. The highest BCUT2D eigenvalue weighted by atomic mass is 35.5. The van der Waals surface area contributed by atoms with Crippen molar-refractivity contribution in [1.82, 2.24) is 10.2 Å². The first-order valence-corrected chi connectivity index (χ1v) is 6.82. The number of ether oxygens (including phenoxy) is 1. The summed E-state index contributed by atoms with van der Waals surface area (Å²) in [5, 5.41) is 4.29. The number of nitrogens with one attached hydrogen (secondary N) is 1. The van der Waals surface area contributed by atoms with Gasteiger partial charge in [0.2, 0.25) is 0 Å². The molecule has 0 bridgehead atoms. The van der Waals surface area contributed by atoms with E-state index >= 15 is 0 Å². The third-order valence-corrected chi connectivity index (χ3v) is 3.77. The highest BCUT2D eigenvalue weighted by Crippen LogP contribution is 2.27. The van der Waals surface area contributed by atoms with Crippen molar-refractivity contribution in [3.8, 4) is 5.75 Å². The maximum Gasteiger partial charge on any atom is 0.124 e. The molecule has 1 aromatic carbocycles. The summed E-state index contributed by atoms with van der Waals surface area (Å²) in [6.07, 6.45) is 2.55. The Balaban J connectivity index is 1.99. The van der Waals surface area contributed by atoms with Crippen molar-refractivity contribution in [2.75, 3.05) is 27.2 Å². The average Bonchev–Trinajstić information content (AvgIpc) is 2.84. The largest absolute Gasteiger partial charge is 0.496 e. The molecule has 0 aliphatic carbocycles. The molecule has 2 rings (SSSR count). The number of methoxy groups -OCH3 is 1. The summed E-state index contributed by atoms with van der Waals surface area (Å²) < 4.78 is 5.37. The van der Waals surface area contributed by atoms with E-state index in [1.54, 1.807) is 7.11 Å². The van der Waals surface area contributed by atoms with E-state index in [-0.39, 0.29) is 0 Å². The summed E-state index contributed by atoms with van der Waals surface area (Å²) in [4.78, 5) is 2.30. The van der Waals surface area contributed by atoms with Crippen LogP contribution in [0.3, 0.4) is 0 Å². The van der Waals surface area contributed by atoms with Gasteiger partial charge in [0.05, 0.1) is 7.11 Å². The van der Waals surface area contributed by atoms with Gasteiger partial charge in [0.25, 0.3) is 0 Å². The van der Waals surface area contributed by atoms with E-state index in [0.29, 0.717) is 6.04 Å². The van der Waals surface area contributed by atoms with Crippen LogP contribution in [0.5, 0.6) is 5.75 Å². The molecule has 18 heavy (non-hydrogen) atoms. The third kappa shape index (κ3) is 3.37. The molecule has 1 aliphatic rings. The second-order valence-corrected chi connectivity index (χ2v) is 5.32. The molecule has 0 radical (unpaired) electrons. The van der Waals surface area contributed by atoms with Crippen molar-refractivity contribution >= 4 is 11.6 Å². The van der Waals surface area contributed by atoms with Crippen molar-refractivity contribution in [3.63, 3.8) is 0 Å². The predicted molar refractivity (Wildman–Crippen MR) is 75.4 cm³/mol. The molecule has 1 aromatic rings. The van der Waals surface area contributed by atoms with E-state index in [4.69, 9.17) is 16.3 Å². The van der Waals surface area contributed by atoms with Crippen molar-refractivity contribution in [1.29, 1.82) is 0 Å². The summed E-state index contributed by atoms with van der Waals surface area (Å²) in [6, 6.07) is 6.41. The van der Waals surface area contributed by atoms with Crippen LogP contribution >= 0.6 is 11.6 Å². The van der Waals surface area contributed by atoms with Gasteiger partial charge in [-0.3, -0.25) is 0 Å². The third-order valence-electron chi connectivity index (χ3n) is 3.42. The molecule has 100 valence electrons. The van der Waals surface area contributed by atoms with Gasteiger partial charge < -0.3 is 15.0 Å². The van der Waals surface area contributed by atoms with Crippen LogP contribution in [-0.4, -0.2) is 38.2 Å². The topological polar surface area (TPSA) is 24.5 Å². The Morgan fingerprint density at radius 2 is 2.33 bits per heavy atom. The molecule has 0 spiro atoms. The zero-order chi connectivity index (χ0) is 13.0. The van der Waals surface area contributed by atoms with Crippen LogP contribution in [0.2, 0.25) is 5.02 Å². The SMILES string of the molecule is COc1cccc(Cl)c1CN(C)CC1CCCN1. The normalized spacial score (nSPS) is 19.4. The molecule has 0 saturated carbocycles. The first kappa shape index (κ1) is 13.7. The van der Waals surface area contributed by atoms with E-state index in [2.05, 4.69) is 17.3 Å². The number of likely N-dealkylation sites (N-methyl/N-ethyl adjacent to an activating group) is 1. The molecule has 1 saturated heterocycles. The molecular weight excluding hydrogens is 248 g/mol. The molecule has 3 nitrogen and oxygen atoms in total. The molecular formula is C14H21ClN2O. The van der Waals surface area contributed by atoms with Crippen molar-refractivity contribution in [2.24, 2.45) is 0 Å². The van der Waals surface area contributed by atoms with Crippen LogP contribution in [0.25, 0.3) is 0 Å². The minimum atomic E-state index is 0.614. The molecule has 0 aromatic heterocycles. The van der Waals surface area contributed by atoms with Gasteiger partial charge in [0.15, 0.2) is 0 Å². The van der Waals surface area contributed by atoms with Crippen LogP contribution in [-0.2, 0) is 6.54 Å². The van der Waals surface area contributed by atoms with Gasteiger partial charge in [-0.2, -0.15) is 0 Å². The zero-order valence-electron chi connectivity index (χ0n) is 11.1. The minimum absolute atomic E-state index is 0.614. The lowest BCUT2D eigenvalue weighted by Crippen LogP contribution is -2.35. The Bertz CT molecular complexity index is 391. The standard InChI is InChI=1S/C14H21ClN2O/c1-17(9-11-5-4-8-16-11)10-12-13(15)6-3-7-14(12)18-2/h3,6-7,11,16H,4-5,8-10H2,1-2H3. The summed E-state index contributed by atoms with van der Waals surface area (Å²) >= 11 is 6.25. The lowest BCUT2D eigenvalue weighted by molar-refractivity contribution is 0.287. The number of hydrogen-bond acceptors (Lipinski definition) is 3. The Morgan fingerprint density at radius 1 is 1.50 bits per heavy atom. The number of nitrogens with zero attached hydrogens (tertiary/aromatic N) is 1. The number of halogens is 1. The van der Waals surface area contributed by atoms with Crippen molar-refractivity contribution in [2.45, 2.75) is 25.4 Å². The van der Waals surface area contributed by atoms with Crippen LogP contribution in [0, 0.1) is 0 Å². The number of benzene rings is 1. The lowest BCUT2D eigenvalue weighted by Gasteiger charge is -2.22. The monoisotopic (exact) mass is 268 g/mol. The molecule has 1 unspecified atom stereocenters. The summed E-state index contributed by atoms with van der Waals surface area (Å²) in [6.45, 7) is 3.02. The fraction of sp³-hybridized carbons (Fsp3) is 0.571. The van der Waals surface area contributed by atoms with Crippen molar-refractivity contribution in [3.05, 3.63) is 28.8 Å². The summed E-state index contributed by atoms with van der Waals surface area (Å²) in [5.41, 5.74) is 1.07. The Labute approximate surface area is 114 Å². The van der Waals surface area contributed by atoms with Gasteiger partial charge in [-0.05, 0) is 38.6 Å². The minimum Gasteiger partial charge on any atom is -0.496 e. The maximum absolute atomic E-state index is 6.25. The second kappa shape index (κ2) is 6.41. The van der Waals surface area contributed by atoms with E-state index in [1.807, 2.05) is 18.2 Å². The summed E-state index contributed by atoms with van der Waals surface area (Å²) in [7, 11) is 3.82. The highest BCUT2D eigenvalue weighted by Gasteiger charge is 2.17. The van der Waals surface area contributed by atoms with Gasteiger partial charge >= 0.3 is 0 Å². The first-order chi connectivity index (χ1) is 8.70. The molecule has 4 heteroatoms. The maximum atomic E-state index is 6.25. The molecule has 1 fully saturated rings.